The van der Waals surface area contributed by atoms with Crippen LogP contribution in [0.25, 0.3) is 0 Å². The molecular weight excluding hydrogens is 420 g/mol. The van der Waals surface area contributed by atoms with E-state index in [-0.39, 0.29) is 23.8 Å². The summed E-state index contributed by atoms with van der Waals surface area (Å²) in [4.78, 5) is 46.2. The van der Waals surface area contributed by atoms with Gasteiger partial charge in [-0.1, -0.05) is 12.8 Å². The lowest BCUT2D eigenvalue weighted by atomic mass is 9.94. The van der Waals surface area contributed by atoms with Crippen molar-refractivity contribution >= 4 is 17.7 Å². The minimum Gasteiger partial charge on any atom is -0.497 e. The highest BCUT2D eigenvalue weighted by Gasteiger charge is 2.40. The Bertz CT molecular complexity index is 836. The molecular formula is C25H36N4O4. The van der Waals surface area contributed by atoms with Crippen molar-refractivity contribution in [3.8, 4) is 5.75 Å². The van der Waals surface area contributed by atoms with Crippen LogP contribution in [0.5, 0.6) is 5.75 Å². The maximum absolute atomic E-state index is 13.6. The Morgan fingerprint density at radius 2 is 1.36 bits per heavy atom. The molecule has 1 aromatic rings. The zero-order valence-corrected chi connectivity index (χ0v) is 19.9. The standard InChI is InChI=1S/C25H36N4O4/c1-19(30)26-11-15-29(16-12-26)25(32)23(20-5-3-4-6-20)27-13-17-28(18-14-27)24(31)21-7-9-22(33-2)10-8-21/h7-10,20,23H,3-6,11-18H2,1-2H3. The maximum Gasteiger partial charge on any atom is 0.253 e. The predicted molar refractivity (Wildman–Crippen MR) is 125 cm³/mol. The van der Waals surface area contributed by atoms with Crippen molar-refractivity contribution in [3.63, 3.8) is 0 Å². The van der Waals surface area contributed by atoms with Crippen LogP contribution in [0.15, 0.2) is 24.3 Å². The molecule has 33 heavy (non-hydrogen) atoms. The summed E-state index contributed by atoms with van der Waals surface area (Å²) in [6, 6.07) is 7.11. The molecule has 8 heteroatoms. The predicted octanol–water partition coefficient (Wildman–Crippen LogP) is 1.70. The van der Waals surface area contributed by atoms with E-state index < -0.39 is 0 Å². The van der Waals surface area contributed by atoms with Crippen LogP contribution in [0, 0.1) is 5.92 Å². The van der Waals surface area contributed by atoms with E-state index in [9.17, 15) is 14.4 Å². The van der Waals surface area contributed by atoms with Gasteiger partial charge in [-0.15, -0.1) is 0 Å². The number of carbonyl (C=O) groups is 3. The third-order valence-corrected chi connectivity index (χ3v) is 7.47. The molecule has 3 aliphatic rings. The Hall–Kier alpha value is -2.61. The topological polar surface area (TPSA) is 73.4 Å². The Morgan fingerprint density at radius 3 is 1.91 bits per heavy atom. The molecule has 1 aliphatic carbocycles. The molecule has 8 nitrogen and oxygen atoms in total. The lowest BCUT2D eigenvalue weighted by Gasteiger charge is -2.44. The zero-order valence-electron chi connectivity index (χ0n) is 19.9. The van der Waals surface area contributed by atoms with Gasteiger partial charge >= 0.3 is 0 Å². The van der Waals surface area contributed by atoms with Crippen molar-refractivity contribution in [3.05, 3.63) is 29.8 Å². The molecule has 1 aromatic carbocycles. The van der Waals surface area contributed by atoms with E-state index in [1.54, 1.807) is 26.2 Å². The summed E-state index contributed by atoms with van der Waals surface area (Å²) in [5.74, 6) is 1.43. The van der Waals surface area contributed by atoms with Crippen LogP contribution in [0.3, 0.4) is 0 Å². The Balaban J connectivity index is 1.39. The van der Waals surface area contributed by atoms with Crippen molar-refractivity contribution in [1.82, 2.24) is 19.6 Å². The average Bonchev–Trinajstić information content (AvgIpc) is 3.38. The van der Waals surface area contributed by atoms with Crippen LogP contribution >= 0.6 is 0 Å². The van der Waals surface area contributed by atoms with Gasteiger partial charge in [0.2, 0.25) is 11.8 Å². The molecule has 1 unspecified atom stereocenters. The number of piperazine rings is 2. The minimum atomic E-state index is -0.116. The smallest absolute Gasteiger partial charge is 0.253 e. The summed E-state index contributed by atoms with van der Waals surface area (Å²) < 4.78 is 5.19. The van der Waals surface area contributed by atoms with E-state index in [0.717, 1.165) is 18.6 Å². The van der Waals surface area contributed by atoms with E-state index in [2.05, 4.69) is 4.90 Å². The molecule has 0 N–H and O–H groups in total. The van der Waals surface area contributed by atoms with Gasteiger partial charge in [-0.3, -0.25) is 19.3 Å². The molecule has 0 aromatic heterocycles. The third kappa shape index (κ3) is 5.32. The van der Waals surface area contributed by atoms with Crippen molar-refractivity contribution < 1.29 is 19.1 Å². The lowest BCUT2D eigenvalue weighted by Crippen LogP contribution is -2.60. The molecule has 1 atom stereocenters. The zero-order chi connectivity index (χ0) is 23.4. The molecule has 0 bridgehead atoms. The van der Waals surface area contributed by atoms with E-state index in [1.165, 1.54) is 12.8 Å². The fourth-order valence-corrected chi connectivity index (χ4v) is 5.48. The minimum absolute atomic E-state index is 0.0291. The van der Waals surface area contributed by atoms with Gasteiger partial charge in [0.05, 0.1) is 13.2 Å². The van der Waals surface area contributed by atoms with Gasteiger partial charge in [-0.25, -0.2) is 0 Å². The monoisotopic (exact) mass is 456 g/mol. The van der Waals surface area contributed by atoms with Crippen molar-refractivity contribution in [1.29, 1.82) is 0 Å². The highest BCUT2D eigenvalue weighted by Crippen LogP contribution is 2.32. The number of hydrogen-bond acceptors (Lipinski definition) is 5. The summed E-state index contributed by atoms with van der Waals surface area (Å²) in [6.45, 7) is 6.70. The molecule has 0 radical (unpaired) electrons. The molecule has 2 heterocycles. The fourth-order valence-electron chi connectivity index (χ4n) is 5.48. The quantitative estimate of drug-likeness (QED) is 0.674. The second-order valence-corrected chi connectivity index (χ2v) is 9.38. The third-order valence-electron chi connectivity index (χ3n) is 7.47. The van der Waals surface area contributed by atoms with Gasteiger partial charge in [-0.05, 0) is 43.0 Å². The Morgan fingerprint density at radius 1 is 0.818 bits per heavy atom. The number of rotatable bonds is 5. The van der Waals surface area contributed by atoms with Crippen LogP contribution in [-0.4, -0.2) is 103 Å². The molecule has 1 saturated carbocycles. The molecule has 0 spiro atoms. The molecule has 4 rings (SSSR count). The normalized spacial score (nSPS) is 21.2. The maximum atomic E-state index is 13.6. The molecule has 2 aliphatic heterocycles. The second-order valence-electron chi connectivity index (χ2n) is 9.38. The number of methoxy groups -OCH3 is 1. The number of hydrogen-bond donors (Lipinski definition) is 0. The van der Waals surface area contributed by atoms with Crippen LogP contribution in [0.1, 0.15) is 43.0 Å². The van der Waals surface area contributed by atoms with Crippen molar-refractivity contribution in [2.75, 3.05) is 59.5 Å². The van der Waals surface area contributed by atoms with E-state index in [4.69, 9.17) is 4.74 Å². The van der Waals surface area contributed by atoms with Crippen molar-refractivity contribution in [2.24, 2.45) is 5.92 Å². The van der Waals surface area contributed by atoms with Crippen LogP contribution < -0.4 is 4.74 Å². The average molecular weight is 457 g/mol. The first-order valence-corrected chi connectivity index (χ1v) is 12.2. The molecule has 180 valence electrons. The second kappa shape index (κ2) is 10.5. The van der Waals surface area contributed by atoms with E-state index in [1.807, 2.05) is 26.8 Å². The molecule has 2 saturated heterocycles. The van der Waals surface area contributed by atoms with Gasteiger partial charge in [0.25, 0.3) is 5.91 Å². The van der Waals surface area contributed by atoms with Crippen LogP contribution in [0.4, 0.5) is 0 Å². The molecule has 3 fully saturated rings. The number of carbonyl (C=O) groups excluding carboxylic acids is 3. The first kappa shape index (κ1) is 23.5. The van der Waals surface area contributed by atoms with Crippen LogP contribution in [0.2, 0.25) is 0 Å². The van der Waals surface area contributed by atoms with E-state index >= 15 is 0 Å². The number of nitrogens with zero attached hydrogens (tertiary/aromatic N) is 4. The number of ether oxygens (including phenoxy) is 1. The number of benzene rings is 1. The lowest BCUT2D eigenvalue weighted by molar-refractivity contribution is -0.144. The highest BCUT2D eigenvalue weighted by molar-refractivity contribution is 5.94. The highest BCUT2D eigenvalue weighted by atomic mass is 16.5. The first-order valence-electron chi connectivity index (χ1n) is 12.2. The Kier molecular flexibility index (Phi) is 7.53. The van der Waals surface area contributed by atoms with Gasteiger partial charge in [-0.2, -0.15) is 0 Å². The summed E-state index contributed by atoms with van der Waals surface area (Å²) >= 11 is 0. The summed E-state index contributed by atoms with van der Waals surface area (Å²) in [6.07, 6.45) is 4.55. The van der Waals surface area contributed by atoms with Gasteiger partial charge in [0, 0.05) is 64.8 Å². The SMILES string of the molecule is COc1ccc(C(=O)N2CCN(C(C(=O)N3CCN(C(C)=O)CC3)C3CCCC3)CC2)cc1. The van der Waals surface area contributed by atoms with Gasteiger partial charge in [0.15, 0.2) is 0 Å². The summed E-state index contributed by atoms with van der Waals surface area (Å²) in [5.41, 5.74) is 0.663. The van der Waals surface area contributed by atoms with Crippen molar-refractivity contribution in [2.45, 2.75) is 38.6 Å². The summed E-state index contributed by atoms with van der Waals surface area (Å²) in [7, 11) is 1.61. The van der Waals surface area contributed by atoms with Gasteiger partial charge in [0.1, 0.15) is 5.75 Å². The van der Waals surface area contributed by atoms with Gasteiger partial charge < -0.3 is 19.4 Å². The summed E-state index contributed by atoms with van der Waals surface area (Å²) in [5, 5.41) is 0. The fraction of sp³-hybridized carbons (Fsp3) is 0.640. The van der Waals surface area contributed by atoms with Crippen LogP contribution in [-0.2, 0) is 9.59 Å². The molecule has 3 amide bonds. The number of amides is 3. The largest absolute Gasteiger partial charge is 0.497 e. The first-order chi connectivity index (χ1) is 16.0. The Labute approximate surface area is 196 Å². The van der Waals surface area contributed by atoms with E-state index in [0.29, 0.717) is 63.8 Å².